The molecule has 1 unspecified atom stereocenters. The molecule has 0 saturated carbocycles. The number of benzene rings is 1. The molecule has 1 fully saturated rings. The molecule has 7 heteroatoms. The Kier molecular flexibility index (Phi) is 4.76. The van der Waals surface area contributed by atoms with E-state index in [4.69, 9.17) is 16.3 Å². The van der Waals surface area contributed by atoms with Crippen molar-refractivity contribution >= 4 is 39.5 Å². The highest BCUT2D eigenvalue weighted by Gasteiger charge is 2.29. The zero-order valence-corrected chi connectivity index (χ0v) is 15.0. The van der Waals surface area contributed by atoms with Gasteiger partial charge in [0, 0.05) is 35.1 Å². The van der Waals surface area contributed by atoms with Crippen LogP contribution in [0.4, 0.5) is 5.69 Å². The molecule has 1 aliphatic rings. The number of rotatable bonds is 4. The number of morpholine rings is 1. The molecule has 0 N–H and O–H groups in total. The smallest absolute Gasteiger partial charge is 0.139 e. The summed E-state index contributed by atoms with van der Waals surface area (Å²) in [5.41, 5.74) is 1.72. The summed E-state index contributed by atoms with van der Waals surface area (Å²) in [7, 11) is 0. The van der Waals surface area contributed by atoms with Crippen molar-refractivity contribution in [2.75, 3.05) is 26.3 Å². The fourth-order valence-corrected chi connectivity index (χ4v) is 4.47. The van der Waals surface area contributed by atoms with E-state index in [0.717, 1.165) is 28.9 Å². The van der Waals surface area contributed by atoms with E-state index in [0.29, 0.717) is 29.4 Å². The molecule has 128 valence electrons. The maximum absolute atomic E-state index is 11.7. The third kappa shape index (κ3) is 3.06. The number of ether oxygens (including phenoxy) is 1. The Balaban J connectivity index is 1.93. The molecule has 0 spiro atoms. The van der Waals surface area contributed by atoms with E-state index >= 15 is 0 Å². The van der Waals surface area contributed by atoms with Crippen LogP contribution in [0.2, 0.25) is 5.02 Å². The Hall–Kier alpha value is -1.86. The fourth-order valence-electron chi connectivity index (χ4n) is 3.32. The third-order valence-electron chi connectivity index (χ3n) is 4.45. The van der Waals surface area contributed by atoms with Gasteiger partial charge < -0.3 is 4.74 Å². The van der Waals surface area contributed by atoms with Gasteiger partial charge in [-0.1, -0.05) is 17.7 Å². The summed E-state index contributed by atoms with van der Waals surface area (Å²) in [4.78, 5) is 19.6. The highest BCUT2D eigenvalue weighted by atomic mass is 35.5. The van der Waals surface area contributed by atoms with E-state index in [9.17, 15) is 4.91 Å². The number of pyridine rings is 1. The van der Waals surface area contributed by atoms with E-state index < -0.39 is 0 Å². The topological polar surface area (TPSA) is 54.8 Å². The minimum absolute atomic E-state index is 0.0829. The number of hydrogen-bond acceptors (Lipinski definition) is 6. The van der Waals surface area contributed by atoms with E-state index in [2.05, 4.69) is 21.1 Å². The molecule has 1 aliphatic heterocycles. The lowest BCUT2D eigenvalue weighted by atomic mass is 9.98. The van der Waals surface area contributed by atoms with Crippen molar-refractivity contribution in [3.05, 3.63) is 62.3 Å². The van der Waals surface area contributed by atoms with Crippen molar-refractivity contribution in [3.63, 3.8) is 0 Å². The van der Waals surface area contributed by atoms with Crippen LogP contribution in [0.1, 0.15) is 16.5 Å². The summed E-state index contributed by atoms with van der Waals surface area (Å²) in [6, 6.07) is 9.54. The zero-order chi connectivity index (χ0) is 17.2. The average Bonchev–Trinajstić information content (AvgIpc) is 3.17. The molecular weight excluding hydrogens is 358 g/mol. The number of nitrogens with zero attached hydrogens (tertiary/aromatic N) is 3. The number of thiophene rings is 1. The van der Waals surface area contributed by atoms with Gasteiger partial charge in [0.1, 0.15) is 11.2 Å². The van der Waals surface area contributed by atoms with Crippen molar-refractivity contribution < 1.29 is 4.74 Å². The number of hydrogen-bond donors (Lipinski definition) is 0. The Bertz CT molecular complexity index is 895. The van der Waals surface area contributed by atoms with Crippen molar-refractivity contribution in [2.45, 2.75) is 6.04 Å². The Morgan fingerprint density at radius 2 is 2.12 bits per heavy atom. The fraction of sp³-hybridized carbons (Fsp3) is 0.278. The van der Waals surface area contributed by atoms with Crippen LogP contribution in [-0.4, -0.2) is 36.2 Å². The third-order valence-corrected chi connectivity index (χ3v) is 5.69. The summed E-state index contributed by atoms with van der Waals surface area (Å²) in [6.45, 7) is 2.92. The number of fused-ring (bicyclic) bond motifs is 1. The number of halogens is 1. The summed E-state index contributed by atoms with van der Waals surface area (Å²) in [5, 5.41) is 6.71. The zero-order valence-electron chi connectivity index (χ0n) is 13.4. The van der Waals surface area contributed by atoms with E-state index in [1.807, 2.05) is 23.6 Å². The second-order valence-electron chi connectivity index (χ2n) is 5.85. The first-order valence-corrected chi connectivity index (χ1v) is 9.31. The predicted octanol–water partition coefficient (Wildman–Crippen LogP) is 4.77. The first kappa shape index (κ1) is 16.6. The monoisotopic (exact) mass is 373 g/mol. The molecule has 0 aliphatic carbocycles. The van der Waals surface area contributed by atoms with Gasteiger partial charge in [-0.2, -0.15) is 0 Å². The predicted molar refractivity (Wildman–Crippen MR) is 101 cm³/mol. The van der Waals surface area contributed by atoms with Crippen LogP contribution in [0.25, 0.3) is 10.9 Å². The lowest BCUT2D eigenvalue weighted by Crippen LogP contribution is -2.39. The van der Waals surface area contributed by atoms with Crippen molar-refractivity contribution in [1.29, 1.82) is 0 Å². The minimum atomic E-state index is -0.0829. The molecule has 3 heterocycles. The number of nitroso groups, excluding NO2 is 1. The first-order chi connectivity index (χ1) is 12.3. The van der Waals surface area contributed by atoms with Gasteiger partial charge in [0.2, 0.25) is 0 Å². The molecule has 1 saturated heterocycles. The first-order valence-electron chi connectivity index (χ1n) is 8.05. The highest BCUT2D eigenvalue weighted by molar-refractivity contribution is 7.10. The normalized spacial score (nSPS) is 16.8. The van der Waals surface area contributed by atoms with Crippen LogP contribution in [0.5, 0.6) is 0 Å². The van der Waals surface area contributed by atoms with Gasteiger partial charge in [-0.3, -0.25) is 9.88 Å². The molecule has 4 rings (SSSR count). The van der Waals surface area contributed by atoms with Crippen molar-refractivity contribution in [3.8, 4) is 0 Å². The highest BCUT2D eigenvalue weighted by Crippen LogP contribution is 2.42. The molecule has 0 amide bonds. The van der Waals surface area contributed by atoms with Crippen LogP contribution >= 0.6 is 22.9 Å². The second-order valence-corrected chi connectivity index (χ2v) is 7.24. The maximum Gasteiger partial charge on any atom is 0.139 e. The van der Waals surface area contributed by atoms with Gasteiger partial charge in [0.05, 0.1) is 24.3 Å². The molecule has 0 bridgehead atoms. The Labute approximate surface area is 154 Å². The van der Waals surface area contributed by atoms with Gasteiger partial charge in [0.25, 0.3) is 0 Å². The lowest BCUT2D eigenvalue weighted by Gasteiger charge is -2.34. The molecule has 0 radical (unpaired) electrons. The quantitative estimate of drug-likeness (QED) is 0.618. The molecular formula is C18H16ClN3O2S. The van der Waals surface area contributed by atoms with Crippen LogP contribution < -0.4 is 0 Å². The van der Waals surface area contributed by atoms with E-state index in [1.54, 1.807) is 23.6 Å². The van der Waals surface area contributed by atoms with Crippen molar-refractivity contribution in [2.24, 2.45) is 5.18 Å². The molecule has 1 aromatic carbocycles. The number of aromatic nitrogens is 1. The van der Waals surface area contributed by atoms with Crippen LogP contribution in [0.3, 0.4) is 0 Å². The van der Waals surface area contributed by atoms with Gasteiger partial charge >= 0.3 is 0 Å². The van der Waals surface area contributed by atoms with Gasteiger partial charge in [-0.05, 0) is 34.8 Å². The van der Waals surface area contributed by atoms with Crippen molar-refractivity contribution in [1.82, 2.24) is 9.88 Å². The van der Waals surface area contributed by atoms with E-state index in [1.165, 1.54) is 0 Å². The summed E-state index contributed by atoms with van der Waals surface area (Å²) < 4.78 is 5.49. The summed E-state index contributed by atoms with van der Waals surface area (Å²) in [5.74, 6) is 0. The van der Waals surface area contributed by atoms with Crippen LogP contribution in [0.15, 0.2) is 47.1 Å². The maximum atomic E-state index is 11.7. The molecule has 25 heavy (non-hydrogen) atoms. The average molecular weight is 374 g/mol. The molecule has 5 nitrogen and oxygen atoms in total. The minimum Gasteiger partial charge on any atom is -0.379 e. The molecule has 2 aromatic heterocycles. The Morgan fingerprint density at radius 3 is 2.84 bits per heavy atom. The van der Waals surface area contributed by atoms with E-state index in [-0.39, 0.29) is 6.04 Å². The summed E-state index contributed by atoms with van der Waals surface area (Å²) >= 11 is 8.17. The molecule has 1 atom stereocenters. The Morgan fingerprint density at radius 1 is 1.28 bits per heavy atom. The standard InChI is InChI=1S/C18H16ClN3O2S/c19-14-11-13(17(21-23)16-12(14)3-1-5-20-16)18(15-4-2-10-25-15)22-6-8-24-9-7-22/h1-5,10-11,18H,6-9H2. The molecule has 3 aromatic rings. The SMILES string of the molecule is O=Nc1c(C(c2cccs2)N2CCOCC2)cc(Cl)c2cccnc12. The largest absolute Gasteiger partial charge is 0.379 e. The van der Waals surface area contributed by atoms with Gasteiger partial charge in [0.15, 0.2) is 0 Å². The van der Waals surface area contributed by atoms with Crippen LogP contribution in [0, 0.1) is 4.91 Å². The van der Waals surface area contributed by atoms with Crippen LogP contribution in [-0.2, 0) is 4.74 Å². The summed E-state index contributed by atoms with van der Waals surface area (Å²) in [6.07, 6.45) is 1.66. The lowest BCUT2D eigenvalue weighted by molar-refractivity contribution is 0.0246. The van der Waals surface area contributed by atoms with Gasteiger partial charge in [-0.15, -0.1) is 16.2 Å². The second kappa shape index (κ2) is 7.17. The van der Waals surface area contributed by atoms with Gasteiger partial charge in [-0.25, -0.2) is 0 Å².